The van der Waals surface area contributed by atoms with Gasteiger partial charge in [-0.05, 0) is 31.0 Å². The van der Waals surface area contributed by atoms with Crippen LogP contribution in [0.4, 0.5) is 0 Å². The van der Waals surface area contributed by atoms with Gasteiger partial charge in [0.1, 0.15) is 5.75 Å². The lowest BCUT2D eigenvalue weighted by Gasteiger charge is -2.08. The topological polar surface area (TPSA) is 35.2 Å². The summed E-state index contributed by atoms with van der Waals surface area (Å²) in [5.41, 5.74) is 6.87. The zero-order valence-electron chi connectivity index (χ0n) is 8.29. The van der Waals surface area contributed by atoms with Gasteiger partial charge in [-0.25, -0.2) is 0 Å². The van der Waals surface area contributed by atoms with Crippen molar-refractivity contribution < 1.29 is 4.74 Å². The molecule has 1 atom stereocenters. The van der Waals surface area contributed by atoms with Crippen LogP contribution in [0.1, 0.15) is 31.9 Å². The smallest absolute Gasteiger partial charge is 0.119 e. The van der Waals surface area contributed by atoms with Gasteiger partial charge in [-0.1, -0.05) is 19.1 Å². The van der Waals surface area contributed by atoms with Gasteiger partial charge >= 0.3 is 0 Å². The summed E-state index contributed by atoms with van der Waals surface area (Å²) in [4.78, 5) is 0. The van der Waals surface area contributed by atoms with Gasteiger partial charge < -0.3 is 10.5 Å². The van der Waals surface area contributed by atoms with Crippen LogP contribution < -0.4 is 10.5 Å². The molecule has 1 unspecified atom stereocenters. The van der Waals surface area contributed by atoms with E-state index in [0.29, 0.717) is 0 Å². The molecule has 0 heterocycles. The third-order valence-electron chi connectivity index (χ3n) is 1.86. The molecular formula is C11H17NO. The molecule has 2 heteroatoms. The average Bonchev–Trinajstić information content (AvgIpc) is 2.15. The Morgan fingerprint density at radius 2 is 2.23 bits per heavy atom. The highest BCUT2D eigenvalue weighted by molar-refractivity contribution is 5.30. The maximum Gasteiger partial charge on any atom is 0.119 e. The van der Waals surface area contributed by atoms with Crippen LogP contribution in [0.3, 0.4) is 0 Å². The molecule has 2 N–H and O–H groups in total. The molecule has 0 saturated heterocycles. The van der Waals surface area contributed by atoms with Crippen LogP contribution in [-0.2, 0) is 0 Å². The molecule has 0 bridgehead atoms. The molecule has 0 spiro atoms. The van der Waals surface area contributed by atoms with E-state index in [9.17, 15) is 0 Å². The van der Waals surface area contributed by atoms with Gasteiger partial charge in [0.15, 0.2) is 0 Å². The summed E-state index contributed by atoms with van der Waals surface area (Å²) in [5.74, 6) is 0.914. The second-order valence-electron chi connectivity index (χ2n) is 3.21. The van der Waals surface area contributed by atoms with Gasteiger partial charge in [0.05, 0.1) is 6.61 Å². The Balaban J connectivity index is 2.68. The summed E-state index contributed by atoms with van der Waals surface area (Å²) in [6.07, 6.45) is 1.03. The average molecular weight is 179 g/mol. The number of hydrogen-bond donors (Lipinski definition) is 1. The molecule has 0 radical (unpaired) electrons. The van der Waals surface area contributed by atoms with E-state index < -0.39 is 0 Å². The lowest BCUT2D eigenvalue weighted by Crippen LogP contribution is -2.05. The molecule has 0 aliphatic carbocycles. The lowest BCUT2D eigenvalue weighted by atomic mass is 10.1. The van der Waals surface area contributed by atoms with Crippen LogP contribution in [-0.4, -0.2) is 6.61 Å². The summed E-state index contributed by atoms with van der Waals surface area (Å²) in [7, 11) is 0. The summed E-state index contributed by atoms with van der Waals surface area (Å²) >= 11 is 0. The Morgan fingerprint density at radius 1 is 1.46 bits per heavy atom. The number of ether oxygens (including phenoxy) is 1. The molecule has 0 aliphatic rings. The van der Waals surface area contributed by atoms with Crippen LogP contribution >= 0.6 is 0 Å². The van der Waals surface area contributed by atoms with E-state index in [-0.39, 0.29) is 6.04 Å². The molecule has 1 aromatic carbocycles. The van der Waals surface area contributed by atoms with E-state index in [0.717, 1.165) is 24.3 Å². The maximum atomic E-state index is 5.76. The van der Waals surface area contributed by atoms with Crippen molar-refractivity contribution in [2.45, 2.75) is 26.3 Å². The van der Waals surface area contributed by atoms with Gasteiger partial charge in [0, 0.05) is 6.04 Å². The van der Waals surface area contributed by atoms with Crippen molar-refractivity contribution in [3.05, 3.63) is 29.8 Å². The first-order valence-corrected chi connectivity index (χ1v) is 4.72. The highest BCUT2D eigenvalue weighted by Crippen LogP contribution is 2.17. The number of rotatable bonds is 4. The fourth-order valence-electron chi connectivity index (χ4n) is 1.11. The Hall–Kier alpha value is -1.02. The Kier molecular flexibility index (Phi) is 3.77. The van der Waals surface area contributed by atoms with Crippen LogP contribution in [0.25, 0.3) is 0 Å². The Morgan fingerprint density at radius 3 is 2.85 bits per heavy atom. The number of hydrogen-bond acceptors (Lipinski definition) is 2. The van der Waals surface area contributed by atoms with Crippen LogP contribution in [0.15, 0.2) is 24.3 Å². The van der Waals surface area contributed by atoms with Crippen molar-refractivity contribution in [3.8, 4) is 5.75 Å². The van der Waals surface area contributed by atoms with Crippen LogP contribution in [0.5, 0.6) is 5.75 Å². The molecule has 0 amide bonds. The summed E-state index contributed by atoms with van der Waals surface area (Å²) < 4.78 is 5.49. The Bertz CT molecular complexity index is 258. The Labute approximate surface area is 79.7 Å². The minimum absolute atomic E-state index is 0.0742. The van der Waals surface area contributed by atoms with E-state index in [1.807, 2.05) is 31.2 Å². The highest BCUT2D eigenvalue weighted by Gasteiger charge is 2.00. The van der Waals surface area contributed by atoms with Gasteiger partial charge in [-0.2, -0.15) is 0 Å². The van der Waals surface area contributed by atoms with Crippen molar-refractivity contribution in [2.75, 3.05) is 6.61 Å². The molecule has 0 aliphatic heterocycles. The minimum atomic E-state index is 0.0742. The molecule has 72 valence electrons. The molecule has 1 aromatic rings. The molecular weight excluding hydrogens is 162 g/mol. The monoisotopic (exact) mass is 179 g/mol. The summed E-state index contributed by atoms with van der Waals surface area (Å²) in [6.45, 7) is 4.83. The van der Waals surface area contributed by atoms with E-state index in [4.69, 9.17) is 10.5 Å². The van der Waals surface area contributed by atoms with E-state index in [1.54, 1.807) is 0 Å². The lowest BCUT2D eigenvalue weighted by molar-refractivity contribution is 0.317. The first kappa shape index (κ1) is 10.1. The number of benzene rings is 1. The maximum absolute atomic E-state index is 5.76. The summed E-state index contributed by atoms with van der Waals surface area (Å²) in [5, 5.41) is 0. The molecule has 0 saturated carbocycles. The van der Waals surface area contributed by atoms with Crippen molar-refractivity contribution in [1.29, 1.82) is 0 Å². The molecule has 0 aromatic heterocycles. The van der Waals surface area contributed by atoms with Crippen molar-refractivity contribution in [3.63, 3.8) is 0 Å². The fraction of sp³-hybridized carbons (Fsp3) is 0.455. The fourth-order valence-corrected chi connectivity index (χ4v) is 1.11. The van der Waals surface area contributed by atoms with Gasteiger partial charge in [0.2, 0.25) is 0 Å². The van der Waals surface area contributed by atoms with Gasteiger partial charge in [-0.15, -0.1) is 0 Å². The number of nitrogens with two attached hydrogens (primary N) is 1. The van der Waals surface area contributed by atoms with Crippen molar-refractivity contribution >= 4 is 0 Å². The highest BCUT2D eigenvalue weighted by atomic mass is 16.5. The first-order valence-electron chi connectivity index (χ1n) is 4.72. The largest absolute Gasteiger partial charge is 0.494 e. The minimum Gasteiger partial charge on any atom is -0.494 e. The first-order chi connectivity index (χ1) is 6.24. The van der Waals surface area contributed by atoms with E-state index in [2.05, 4.69) is 6.92 Å². The van der Waals surface area contributed by atoms with Crippen molar-refractivity contribution in [2.24, 2.45) is 5.73 Å². The SMILES string of the molecule is CCCOc1cccc(C(C)N)c1. The quantitative estimate of drug-likeness (QED) is 0.770. The predicted octanol–water partition coefficient (Wildman–Crippen LogP) is 2.50. The molecule has 0 fully saturated rings. The second kappa shape index (κ2) is 4.87. The van der Waals surface area contributed by atoms with Gasteiger partial charge in [0.25, 0.3) is 0 Å². The third-order valence-corrected chi connectivity index (χ3v) is 1.86. The molecule has 13 heavy (non-hydrogen) atoms. The summed E-state index contributed by atoms with van der Waals surface area (Å²) in [6, 6.07) is 8.03. The van der Waals surface area contributed by atoms with Gasteiger partial charge in [-0.3, -0.25) is 0 Å². The third kappa shape index (κ3) is 3.07. The van der Waals surface area contributed by atoms with E-state index in [1.165, 1.54) is 0 Å². The standard InChI is InChI=1S/C11H17NO/c1-3-7-13-11-6-4-5-10(8-11)9(2)12/h4-6,8-9H,3,7,12H2,1-2H3. The molecule has 2 nitrogen and oxygen atoms in total. The zero-order chi connectivity index (χ0) is 9.68. The normalized spacial score (nSPS) is 12.5. The van der Waals surface area contributed by atoms with E-state index >= 15 is 0 Å². The molecule has 1 rings (SSSR count). The van der Waals surface area contributed by atoms with Crippen LogP contribution in [0, 0.1) is 0 Å². The van der Waals surface area contributed by atoms with Crippen LogP contribution in [0.2, 0.25) is 0 Å². The van der Waals surface area contributed by atoms with Crippen molar-refractivity contribution in [1.82, 2.24) is 0 Å². The second-order valence-corrected chi connectivity index (χ2v) is 3.21. The predicted molar refractivity (Wildman–Crippen MR) is 54.8 cm³/mol. The zero-order valence-corrected chi connectivity index (χ0v) is 8.29.